The zero-order valence-corrected chi connectivity index (χ0v) is 10.5. The summed E-state index contributed by atoms with van der Waals surface area (Å²) in [6, 6.07) is 7.79. The lowest BCUT2D eigenvalue weighted by molar-refractivity contribution is 0.627. The van der Waals surface area contributed by atoms with E-state index in [0.717, 1.165) is 0 Å². The van der Waals surface area contributed by atoms with Gasteiger partial charge in [-0.1, -0.05) is 6.07 Å². The Bertz CT molecular complexity index is 599. The molecule has 0 spiro atoms. The fourth-order valence-electron chi connectivity index (χ4n) is 1.83. The van der Waals surface area contributed by atoms with Gasteiger partial charge < -0.3 is 10.6 Å². The van der Waals surface area contributed by atoms with Crippen LogP contribution >= 0.6 is 0 Å². The summed E-state index contributed by atoms with van der Waals surface area (Å²) in [5.74, 6) is 0.0204. The lowest BCUT2D eigenvalue weighted by atomic mass is 10.2. The number of benzene rings is 1. The van der Waals surface area contributed by atoms with Gasteiger partial charge in [0, 0.05) is 12.2 Å². The van der Waals surface area contributed by atoms with E-state index in [9.17, 15) is 4.39 Å². The van der Waals surface area contributed by atoms with Gasteiger partial charge in [0.15, 0.2) is 5.82 Å². The summed E-state index contributed by atoms with van der Waals surface area (Å²) in [4.78, 5) is 1.76. The summed E-state index contributed by atoms with van der Waals surface area (Å²) in [7, 11) is 0. The fourth-order valence-corrected chi connectivity index (χ4v) is 1.83. The van der Waals surface area contributed by atoms with Crippen LogP contribution in [0.1, 0.15) is 12.5 Å². The summed E-state index contributed by atoms with van der Waals surface area (Å²) < 4.78 is 13.3. The van der Waals surface area contributed by atoms with E-state index in [2.05, 4.69) is 10.2 Å². The highest BCUT2D eigenvalue weighted by atomic mass is 19.1. The number of aromatic nitrogens is 2. The van der Waals surface area contributed by atoms with E-state index in [4.69, 9.17) is 11.1 Å². The third-order valence-electron chi connectivity index (χ3n) is 2.68. The van der Waals surface area contributed by atoms with Crippen LogP contribution in [0.15, 0.2) is 36.5 Å². The number of rotatable bonds is 4. The van der Waals surface area contributed by atoms with Crippen molar-refractivity contribution in [3.8, 4) is 0 Å². The van der Waals surface area contributed by atoms with Crippen LogP contribution in [-0.4, -0.2) is 22.6 Å². The van der Waals surface area contributed by atoms with Gasteiger partial charge in [0.05, 0.1) is 11.8 Å². The van der Waals surface area contributed by atoms with Crippen LogP contribution < -0.4 is 10.6 Å². The smallest absolute Gasteiger partial charge is 0.166 e. The highest BCUT2D eigenvalue weighted by molar-refractivity contribution is 6.00. The Morgan fingerprint density at radius 2 is 2.21 bits per heavy atom. The van der Waals surface area contributed by atoms with Gasteiger partial charge in [-0.15, -0.1) is 5.10 Å². The average molecular weight is 259 g/mol. The predicted octanol–water partition coefficient (Wildman–Crippen LogP) is 2.06. The van der Waals surface area contributed by atoms with E-state index >= 15 is 0 Å². The largest absolute Gasteiger partial charge is 0.384 e. The summed E-state index contributed by atoms with van der Waals surface area (Å²) in [5, 5.41) is 15.4. The maximum atomic E-state index is 13.3. The van der Waals surface area contributed by atoms with Gasteiger partial charge in [0.2, 0.25) is 0 Å². The SMILES string of the molecule is CCN(c1cccc(F)c1)c1nnccc1C(=N)N. The topological polar surface area (TPSA) is 78.9 Å². The second-order valence-corrected chi connectivity index (χ2v) is 3.91. The monoisotopic (exact) mass is 259 g/mol. The molecule has 0 aliphatic heterocycles. The second kappa shape index (κ2) is 5.43. The van der Waals surface area contributed by atoms with Crippen molar-refractivity contribution in [2.24, 2.45) is 5.73 Å². The van der Waals surface area contributed by atoms with Gasteiger partial charge in [0.1, 0.15) is 11.7 Å². The van der Waals surface area contributed by atoms with Crippen molar-refractivity contribution in [2.75, 3.05) is 11.4 Å². The first-order valence-corrected chi connectivity index (χ1v) is 5.82. The minimum absolute atomic E-state index is 0.0975. The number of nitrogens with zero attached hydrogens (tertiary/aromatic N) is 3. The molecule has 0 fully saturated rings. The molecule has 0 bridgehead atoms. The van der Waals surface area contributed by atoms with Gasteiger partial charge in [0.25, 0.3) is 0 Å². The molecular formula is C13H14FN5. The first-order valence-electron chi connectivity index (χ1n) is 5.82. The van der Waals surface area contributed by atoms with Crippen LogP contribution in [0.3, 0.4) is 0 Å². The molecule has 0 radical (unpaired) electrons. The summed E-state index contributed by atoms with van der Waals surface area (Å²) in [5.41, 5.74) is 6.65. The minimum Gasteiger partial charge on any atom is -0.384 e. The normalized spacial score (nSPS) is 10.2. The van der Waals surface area contributed by atoms with E-state index in [0.29, 0.717) is 23.6 Å². The van der Waals surface area contributed by atoms with Crippen molar-refractivity contribution in [2.45, 2.75) is 6.92 Å². The Balaban J connectivity index is 2.51. The summed E-state index contributed by atoms with van der Waals surface area (Å²) in [6.07, 6.45) is 1.47. The molecule has 1 heterocycles. The minimum atomic E-state index is -0.329. The third-order valence-corrected chi connectivity index (χ3v) is 2.68. The molecule has 5 nitrogen and oxygen atoms in total. The van der Waals surface area contributed by atoms with Crippen LogP contribution in [0.2, 0.25) is 0 Å². The van der Waals surface area contributed by atoms with Gasteiger partial charge in [-0.25, -0.2) is 4.39 Å². The van der Waals surface area contributed by atoms with Gasteiger partial charge >= 0.3 is 0 Å². The van der Waals surface area contributed by atoms with Crippen LogP contribution in [0.4, 0.5) is 15.9 Å². The summed E-state index contributed by atoms with van der Waals surface area (Å²) in [6.45, 7) is 2.46. The maximum absolute atomic E-state index is 13.3. The Kier molecular flexibility index (Phi) is 3.70. The number of nitrogens with one attached hydrogen (secondary N) is 1. The zero-order chi connectivity index (χ0) is 13.8. The Morgan fingerprint density at radius 3 is 2.84 bits per heavy atom. The Labute approximate surface area is 110 Å². The van der Waals surface area contributed by atoms with Gasteiger partial charge in [-0.05, 0) is 31.2 Å². The standard InChI is InChI=1S/C13H14FN5/c1-2-19(10-5-3-4-9(14)8-10)13-11(12(15)16)6-7-17-18-13/h3-8H,2H2,1H3,(H3,15,16). The number of anilines is 2. The second-order valence-electron chi connectivity index (χ2n) is 3.91. The molecule has 2 rings (SSSR count). The molecule has 3 N–H and O–H groups in total. The molecule has 1 aromatic heterocycles. The van der Waals surface area contributed by atoms with E-state index in [1.54, 1.807) is 23.1 Å². The first-order chi connectivity index (χ1) is 9.13. The van der Waals surface area contributed by atoms with Crippen molar-refractivity contribution in [1.82, 2.24) is 10.2 Å². The molecule has 0 saturated heterocycles. The van der Waals surface area contributed by atoms with Crippen LogP contribution in [0.25, 0.3) is 0 Å². The van der Waals surface area contributed by atoms with Crippen LogP contribution in [0.5, 0.6) is 0 Å². The first kappa shape index (κ1) is 12.9. The lowest BCUT2D eigenvalue weighted by Gasteiger charge is -2.23. The number of nitrogens with two attached hydrogens (primary N) is 1. The number of amidine groups is 1. The molecule has 19 heavy (non-hydrogen) atoms. The zero-order valence-electron chi connectivity index (χ0n) is 10.5. The molecule has 1 aromatic carbocycles. The number of hydrogen-bond donors (Lipinski definition) is 2. The summed E-state index contributed by atoms with van der Waals surface area (Å²) >= 11 is 0. The van der Waals surface area contributed by atoms with Crippen LogP contribution in [-0.2, 0) is 0 Å². The van der Waals surface area contributed by atoms with Crippen molar-refractivity contribution in [3.63, 3.8) is 0 Å². The molecule has 0 atom stereocenters. The molecule has 2 aromatic rings. The van der Waals surface area contributed by atoms with Crippen molar-refractivity contribution < 1.29 is 4.39 Å². The molecular weight excluding hydrogens is 245 g/mol. The predicted molar refractivity (Wildman–Crippen MR) is 72.1 cm³/mol. The maximum Gasteiger partial charge on any atom is 0.166 e. The van der Waals surface area contributed by atoms with Gasteiger partial charge in [-0.3, -0.25) is 5.41 Å². The van der Waals surface area contributed by atoms with Gasteiger partial charge in [-0.2, -0.15) is 5.10 Å². The van der Waals surface area contributed by atoms with E-state index in [1.165, 1.54) is 18.3 Å². The molecule has 0 amide bonds. The third kappa shape index (κ3) is 2.67. The fraction of sp³-hybridized carbons (Fsp3) is 0.154. The Hall–Kier alpha value is -2.50. The van der Waals surface area contributed by atoms with E-state index < -0.39 is 0 Å². The molecule has 0 saturated carbocycles. The number of halogens is 1. The quantitative estimate of drug-likeness (QED) is 0.650. The van der Waals surface area contributed by atoms with Crippen molar-refractivity contribution in [1.29, 1.82) is 5.41 Å². The molecule has 98 valence electrons. The number of nitrogen functional groups attached to an aromatic ring is 1. The molecule has 6 heteroatoms. The van der Waals surface area contributed by atoms with Crippen LogP contribution in [0, 0.1) is 11.2 Å². The average Bonchev–Trinajstić information content (AvgIpc) is 2.40. The molecule has 0 unspecified atom stereocenters. The van der Waals surface area contributed by atoms with E-state index in [1.807, 2.05) is 6.92 Å². The Morgan fingerprint density at radius 1 is 1.42 bits per heavy atom. The van der Waals surface area contributed by atoms with Crippen molar-refractivity contribution in [3.05, 3.63) is 47.9 Å². The highest BCUT2D eigenvalue weighted by Crippen LogP contribution is 2.25. The molecule has 0 aliphatic carbocycles. The lowest BCUT2D eigenvalue weighted by Crippen LogP contribution is -2.23. The van der Waals surface area contributed by atoms with E-state index in [-0.39, 0.29) is 11.7 Å². The number of hydrogen-bond acceptors (Lipinski definition) is 4. The van der Waals surface area contributed by atoms with Crippen molar-refractivity contribution >= 4 is 17.3 Å². The highest BCUT2D eigenvalue weighted by Gasteiger charge is 2.15. The molecule has 0 aliphatic rings.